The van der Waals surface area contributed by atoms with Crippen LogP contribution in [-0.2, 0) is 24.7 Å². The molecule has 18 heteroatoms. The molecule has 0 aliphatic heterocycles. The second-order valence-corrected chi connectivity index (χ2v) is 13.6. The first-order chi connectivity index (χ1) is 17.4. The minimum Gasteiger partial charge on any atom is -0.165 e. The van der Waals surface area contributed by atoms with Gasteiger partial charge in [-0.25, -0.2) is 0 Å². The Morgan fingerprint density at radius 1 is 0.368 bits per heavy atom. The average Bonchev–Trinajstić information content (AvgIpc) is 3.51. The van der Waals surface area contributed by atoms with Crippen LogP contribution in [0.15, 0.2) is 10.8 Å². The largest absolute Gasteiger partial charge is 0.427 e. The van der Waals surface area contributed by atoms with E-state index >= 15 is 0 Å². The molecule has 0 aromatic carbocycles. The van der Waals surface area contributed by atoms with E-state index in [4.69, 9.17) is 0 Å². The number of fused-ring (bicyclic) bond motifs is 6. The smallest absolute Gasteiger partial charge is 0.165 e. The number of hydrogen-bond donors (Lipinski definition) is 0. The lowest BCUT2D eigenvalue weighted by Crippen LogP contribution is -2.03. The minimum atomic E-state index is -5.07. The van der Waals surface area contributed by atoms with Crippen LogP contribution in [0.4, 0.5) is 52.7 Å². The van der Waals surface area contributed by atoms with E-state index in [-0.39, 0.29) is 29.9 Å². The summed E-state index contributed by atoms with van der Waals surface area (Å²) in [6, 6.07) is 0. The summed E-state index contributed by atoms with van der Waals surface area (Å²) in [5.74, 6) is 0. The molecule has 0 aliphatic carbocycles. The highest BCUT2D eigenvalue weighted by atomic mass is 32.1. The van der Waals surface area contributed by atoms with Gasteiger partial charge in [-0.15, -0.1) is 68.0 Å². The third-order valence-electron chi connectivity index (χ3n) is 5.40. The topological polar surface area (TPSA) is 0 Å². The van der Waals surface area contributed by atoms with E-state index < -0.39 is 87.1 Å². The number of halogens is 12. The third kappa shape index (κ3) is 3.81. The summed E-state index contributed by atoms with van der Waals surface area (Å²) in [5.41, 5.74) is 0.303. The molecule has 6 aromatic heterocycles. The van der Waals surface area contributed by atoms with E-state index in [1.54, 1.807) is 0 Å². The maximum atomic E-state index is 13.6. The average molecular weight is 663 g/mol. The summed E-state index contributed by atoms with van der Waals surface area (Å²) in [6.07, 6.45) is -20.3. The van der Waals surface area contributed by atoms with Crippen molar-refractivity contribution in [1.82, 2.24) is 0 Å². The lowest BCUT2D eigenvalue weighted by molar-refractivity contribution is -0.135. The zero-order chi connectivity index (χ0) is 27.7. The quantitative estimate of drug-likeness (QED) is 0.154. The first-order valence-electron chi connectivity index (χ1n) is 9.61. The Morgan fingerprint density at radius 3 is 0.974 bits per heavy atom. The Hall–Kier alpha value is -1.60. The predicted octanol–water partition coefficient (Wildman–Crippen LogP) is 12.4. The molecule has 202 valence electrons. The van der Waals surface area contributed by atoms with Gasteiger partial charge in [0.05, 0.1) is 28.2 Å². The molecule has 0 atom stereocenters. The van der Waals surface area contributed by atoms with Crippen LogP contribution in [0, 0.1) is 0 Å². The lowest BCUT2D eigenvalue weighted by atomic mass is 10.1. The normalized spacial score (nSPS) is 14.3. The van der Waals surface area contributed by atoms with E-state index in [2.05, 4.69) is 0 Å². The molecule has 0 saturated heterocycles. The SMILES string of the molecule is FC(F)(F)c1sc(C(F)(F)F)c2c1sc1c(-c3csc4c3sc3c(C(F)(F)F)sc(C(F)(F)F)c34)csc12. The van der Waals surface area contributed by atoms with Crippen molar-refractivity contribution in [3.8, 4) is 11.1 Å². The second-order valence-electron chi connectivity index (χ2n) is 7.74. The molecule has 0 bridgehead atoms. The fourth-order valence-corrected chi connectivity index (χ4v) is 11.9. The number of rotatable bonds is 1. The van der Waals surface area contributed by atoms with E-state index in [0.29, 0.717) is 22.7 Å². The zero-order valence-corrected chi connectivity index (χ0v) is 22.0. The van der Waals surface area contributed by atoms with E-state index in [1.165, 1.54) is 10.8 Å². The van der Waals surface area contributed by atoms with Gasteiger partial charge in [0.1, 0.15) is 19.5 Å². The Morgan fingerprint density at radius 2 is 0.684 bits per heavy atom. The fraction of sp³-hybridized carbons (Fsp3) is 0.200. The van der Waals surface area contributed by atoms with Crippen LogP contribution >= 0.6 is 68.0 Å². The fourth-order valence-electron chi connectivity index (χ4n) is 4.03. The molecule has 0 aliphatic rings. The molecule has 0 amide bonds. The zero-order valence-electron chi connectivity index (χ0n) is 17.1. The first-order valence-corrected chi connectivity index (χ1v) is 14.6. The van der Waals surface area contributed by atoms with Crippen molar-refractivity contribution in [1.29, 1.82) is 0 Å². The molecule has 0 N–H and O–H groups in total. The molecule has 6 rings (SSSR count). The van der Waals surface area contributed by atoms with Crippen LogP contribution in [0.3, 0.4) is 0 Å². The summed E-state index contributed by atoms with van der Waals surface area (Å²) in [5, 5.41) is 1.50. The number of thiophene rings is 6. The monoisotopic (exact) mass is 662 g/mol. The van der Waals surface area contributed by atoms with E-state index in [1.807, 2.05) is 0 Å². The van der Waals surface area contributed by atoms with Gasteiger partial charge in [0, 0.05) is 32.7 Å². The van der Waals surface area contributed by atoms with Crippen LogP contribution < -0.4 is 0 Å². The Kier molecular flexibility index (Phi) is 5.60. The van der Waals surface area contributed by atoms with Crippen LogP contribution in [0.25, 0.3) is 50.1 Å². The van der Waals surface area contributed by atoms with Crippen molar-refractivity contribution in [2.45, 2.75) is 24.7 Å². The highest BCUT2D eigenvalue weighted by Gasteiger charge is 2.46. The summed E-state index contributed by atoms with van der Waals surface area (Å²) >= 11 is 1.59. The van der Waals surface area contributed by atoms with E-state index in [0.717, 1.165) is 22.7 Å². The molecule has 6 heterocycles. The molecule has 0 nitrogen and oxygen atoms in total. The molecule has 0 fully saturated rings. The standard InChI is InChI=1S/C20H2F12S6/c21-17(22,23)13-5-9-7(35-11(5)15(37-13)19(27,28)29)3(1-33-9)4-2-34-10-6-12(36-8(4)10)16(20(30,31)32)38-14(6)18(24,25)26/h1-2H. The second kappa shape index (κ2) is 7.99. The molecule has 0 spiro atoms. The van der Waals surface area contributed by atoms with Gasteiger partial charge >= 0.3 is 24.7 Å². The highest BCUT2D eigenvalue weighted by Crippen LogP contribution is 2.59. The molecular formula is C20H2F12S6. The number of alkyl halides is 12. The van der Waals surface area contributed by atoms with Gasteiger partial charge < -0.3 is 0 Å². The van der Waals surface area contributed by atoms with Crippen LogP contribution in [-0.4, -0.2) is 0 Å². The van der Waals surface area contributed by atoms with E-state index in [9.17, 15) is 52.7 Å². The van der Waals surface area contributed by atoms with Crippen molar-refractivity contribution in [2.75, 3.05) is 0 Å². The molecule has 6 aromatic rings. The molecule has 0 saturated carbocycles. The van der Waals surface area contributed by atoms with Gasteiger partial charge in [0.2, 0.25) is 0 Å². The molecule has 0 radical (unpaired) electrons. The van der Waals surface area contributed by atoms with Gasteiger partial charge in [-0.3, -0.25) is 0 Å². The van der Waals surface area contributed by atoms with Gasteiger partial charge in [0.15, 0.2) is 0 Å². The van der Waals surface area contributed by atoms with Gasteiger partial charge in [0.25, 0.3) is 0 Å². The Labute approximate surface area is 225 Å². The Balaban J connectivity index is 1.65. The number of hydrogen-bond acceptors (Lipinski definition) is 6. The lowest BCUT2D eigenvalue weighted by Gasteiger charge is -2.04. The maximum Gasteiger partial charge on any atom is 0.427 e. The minimum absolute atomic E-state index is 0.0477. The van der Waals surface area contributed by atoms with Crippen LogP contribution in [0.5, 0.6) is 0 Å². The Bertz CT molecular complexity index is 1730. The summed E-state index contributed by atoms with van der Waals surface area (Å²) in [6.45, 7) is 0. The van der Waals surface area contributed by atoms with Gasteiger partial charge in [-0.2, -0.15) is 52.7 Å². The summed E-state index contributed by atoms with van der Waals surface area (Å²) in [7, 11) is 0. The van der Waals surface area contributed by atoms with Gasteiger partial charge in [-0.1, -0.05) is 0 Å². The van der Waals surface area contributed by atoms with Crippen LogP contribution in [0.2, 0.25) is 0 Å². The van der Waals surface area contributed by atoms with Crippen molar-refractivity contribution in [2.24, 2.45) is 0 Å². The molecule has 0 unspecified atom stereocenters. The van der Waals surface area contributed by atoms with Crippen molar-refractivity contribution < 1.29 is 52.7 Å². The van der Waals surface area contributed by atoms with Gasteiger partial charge in [-0.05, 0) is 0 Å². The van der Waals surface area contributed by atoms with Crippen molar-refractivity contribution in [3.05, 3.63) is 30.3 Å². The predicted molar refractivity (Wildman–Crippen MR) is 129 cm³/mol. The maximum absolute atomic E-state index is 13.6. The summed E-state index contributed by atoms with van der Waals surface area (Å²) in [4.78, 5) is -5.68. The van der Waals surface area contributed by atoms with Crippen LogP contribution in [0.1, 0.15) is 19.5 Å². The van der Waals surface area contributed by atoms with Crippen molar-refractivity contribution in [3.63, 3.8) is 0 Å². The third-order valence-corrected chi connectivity index (χ3v) is 13.0. The highest BCUT2D eigenvalue weighted by molar-refractivity contribution is 7.37. The first kappa shape index (κ1) is 26.6. The summed E-state index contributed by atoms with van der Waals surface area (Å²) < 4.78 is 162. The van der Waals surface area contributed by atoms with Crippen molar-refractivity contribution >= 4 is 107 Å². The molecule has 38 heavy (non-hydrogen) atoms. The molecular weight excluding hydrogens is 661 g/mol.